The molecule has 0 amide bonds. The van der Waals surface area contributed by atoms with Gasteiger partial charge in [-0.3, -0.25) is 4.79 Å². The molecule has 0 aliphatic heterocycles. The predicted molar refractivity (Wildman–Crippen MR) is 57.2 cm³/mol. The van der Waals surface area contributed by atoms with E-state index in [4.69, 9.17) is 4.74 Å². The molecule has 0 N–H and O–H groups in total. The Morgan fingerprint density at radius 1 is 1.46 bits per heavy atom. The quantitative estimate of drug-likeness (QED) is 0.394. The average molecular weight is 198 g/mol. The van der Waals surface area contributed by atoms with Crippen molar-refractivity contribution in [2.24, 2.45) is 0 Å². The summed E-state index contributed by atoms with van der Waals surface area (Å²) >= 11 is 0. The zero-order chi connectivity index (χ0) is 10.5. The Kier molecular flexibility index (Phi) is 4.74. The van der Waals surface area contributed by atoms with Gasteiger partial charge in [-0.2, -0.15) is 0 Å². The molecule has 0 unspecified atom stereocenters. The normalized spacial score (nSPS) is 10.5. The van der Waals surface area contributed by atoms with Crippen molar-refractivity contribution in [3.63, 3.8) is 0 Å². The summed E-state index contributed by atoms with van der Waals surface area (Å²) in [5.74, 6) is -0.170. The largest absolute Gasteiger partial charge is 0.466 e. The fourth-order valence-corrected chi connectivity index (χ4v) is 2.15. The number of ether oxygens (including phenoxy) is 1. The molecule has 0 aromatic rings. The Morgan fingerprint density at radius 2 is 2.00 bits per heavy atom. The minimum absolute atomic E-state index is 0.170. The summed E-state index contributed by atoms with van der Waals surface area (Å²) in [5.41, 5.74) is 2.86. The van der Waals surface area contributed by atoms with Crippen molar-refractivity contribution in [3.05, 3.63) is 17.5 Å². The fraction of sp³-hybridized carbons (Fsp3) is 0.600. The van der Waals surface area contributed by atoms with Gasteiger partial charge < -0.3 is 4.74 Å². The van der Waals surface area contributed by atoms with E-state index in [2.05, 4.69) is 32.0 Å². The minimum Gasteiger partial charge on any atom is -0.466 e. The number of esters is 1. The van der Waals surface area contributed by atoms with Crippen molar-refractivity contribution in [3.8, 4) is 0 Å². The topological polar surface area (TPSA) is 26.3 Å². The van der Waals surface area contributed by atoms with E-state index in [1.807, 2.05) is 6.92 Å². The highest BCUT2D eigenvalue weighted by molar-refractivity contribution is 6.83. The number of rotatable bonds is 4. The molecule has 0 aromatic heterocycles. The highest BCUT2D eigenvalue weighted by atomic mass is 28.3. The van der Waals surface area contributed by atoms with Crippen molar-refractivity contribution in [1.29, 1.82) is 0 Å². The van der Waals surface area contributed by atoms with Crippen LogP contribution < -0.4 is 0 Å². The van der Waals surface area contributed by atoms with Crippen LogP contribution in [0, 0.1) is 0 Å². The Bertz CT molecular complexity index is 232. The Hall–Kier alpha value is -0.793. The van der Waals surface area contributed by atoms with E-state index in [-0.39, 0.29) is 5.97 Å². The van der Waals surface area contributed by atoms with Gasteiger partial charge in [-0.05, 0) is 12.1 Å². The molecular formula is C10H18O2Si. The van der Waals surface area contributed by atoms with Gasteiger partial charge in [0, 0.05) is 0 Å². The molecule has 0 aromatic carbocycles. The monoisotopic (exact) mass is 198 g/mol. The Balaban J connectivity index is 4.34. The summed E-state index contributed by atoms with van der Waals surface area (Å²) in [4.78, 5) is 11.2. The first kappa shape index (κ1) is 12.2. The predicted octanol–water partition coefficient (Wildman–Crippen LogP) is 2.53. The van der Waals surface area contributed by atoms with Gasteiger partial charge in [-0.1, -0.05) is 26.2 Å². The summed E-state index contributed by atoms with van der Waals surface area (Å²) in [6, 6.07) is 0. The molecule has 2 nitrogen and oxygen atoms in total. The lowest BCUT2D eigenvalue weighted by atomic mass is 10.4. The molecule has 0 saturated carbocycles. The summed E-state index contributed by atoms with van der Waals surface area (Å²) in [5, 5.41) is 1.03. The number of carbonyl (C=O) groups is 1. The van der Waals surface area contributed by atoms with Gasteiger partial charge in [0.2, 0.25) is 0 Å². The summed E-state index contributed by atoms with van der Waals surface area (Å²) in [7, 11) is -1.44. The van der Waals surface area contributed by atoms with E-state index in [9.17, 15) is 4.79 Å². The van der Waals surface area contributed by atoms with E-state index in [1.54, 1.807) is 0 Å². The van der Waals surface area contributed by atoms with Crippen LogP contribution in [0.1, 0.15) is 13.3 Å². The summed E-state index contributed by atoms with van der Waals surface area (Å²) < 4.78 is 4.86. The first-order valence-corrected chi connectivity index (χ1v) is 7.96. The molecule has 13 heavy (non-hydrogen) atoms. The maximum atomic E-state index is 11.2. The standard InChI is InChI=1S/C10H18O2Si/c1-6-9(13(3,4)5)8-10(11)12-7-2/h1,7-8H2,2-5H3. The molecule has 0 rings (SSSR count). The van der Waals surface area contributed by atoms with Crippen LogP contribution in [-0.2, 0) is 9.53 Å². The third-order valence-electron chi connectivity index (χ3n) is 1.75. The molecule has 0 aliphatic carbocycles. The van der Waals surface area contributed by atoms with Crippen LogP contribution in [-0.4, -0.2) is 20.7 Å². The van der Waals surface area contributed by atoms with Crippen LogP contribution in [0.4, 0.5) is 0 Å². The molecular weight excluding hydrogens is 180 g/mol. The molecule has 3 heteroatoms. The van der Waals surface area contributed by atoms with Gasteiger partial charge in [-0.15, -0.1) is 5.73 Å². The summed E-state index contributed by atoms with van der Waals surface area (Å²) in [6.45, 7) is 12.4. The smallest absolute Gasteiger partial charge is 0.310 e. The minimum atomic E-state index is -1.44. The van der Waals surface area contributed by atoms with E-state index < -0.39 is 8.07 Å². The second kappa shape index (κ2) is 5.05. The Morgan fingerprint density at radius 3 is 2.31 bits per heavy atom. The van der Waals surface area contributed by atoms with Gasteiger partial charge in [-0.25, -0.2) is 0 Å². The SMILES string of the molecule is C=C=C(CC(=O)OCC)[Si](C)(C)C. The molecule has 0 atom stereocenters. The fourth-order valence-electron chi connectivity index (χ4n) is 0.949. The van der Waals surface area contributed by atoms with Gasteiger partial charge in [0.25, 0.3) is 0 Å². The van der Waals surface area contributed by atoms with Gasteiger partial charge in [0.1, 0.15) is 0 Å². The van der Waals surface area contributed by atoms with Crippen molar-refractivity contribution in [1.82, 2.24) is 0 Å². The molecule has 0 bridgehead atoms. The van der Waals surface area contributed by atoms with Crippen molar-refractivity contribution >= 4 is 14.0 Å². The molecule has 0 saturated heterocycles. The first-order chi connectivity index (χ1) is 5.91. The zero-order valence-corrected chi connectivity index (χ0v) is 9.94. The number of hydrogen-bond donors (Lipinski definition) is 0. The number of carbonyl (C=O) groups excluding carboxylic acids is 1. The van der Waals surface area contributed by atoms with E-state index in [1.165, 1.54) is 0 Å². The van der Waals surface area contributed by atoms with Crippen LogP contribution in [0.2, 0.25) is 19.6 Å². The lowest BCUT2D eigenvalue weighted by Gasteiger charge is -2.17. The van der Waals surface area contributed by atoms with Crippen LogP contribution in [0.3, 0.4) is 0 Å². The first-order valence-electron chi connectivity index (χ1n) is 4.46. The molecule has 0 aliphatic rings. The highest BCUT2D eigenvalue weighted by Crippen LogP contribution is 2.16. The summed E-state index contributed by atoms with van der Waals surface area (Å²) in [6.07, 6.45) is 0.354. The molecule has 0 spiro atoms. The number of hydrogen-bond acceptors (Lipinski definition) is 2. The molecule has 74 valence electrons. The van der Waals surface area contributed by atoms with Crippen LogP contribution in [0.15, 0.2) is 17.5 Å². The second-order valence-corrected chi connectivity index (χ2v) is 8.99. The lowest BCUT2D eigenvalue weighted by Crippen LogP contribution is -2.25. The van der Waals surface area contributed by atoms with E-state index in [0.29, 0.717) is 13.0 Å². The molecule has 0 heterocycles. The van der Waals surface area contributed by atoms with E-state index in [0.717, 1.165) is 5.20 Å². The molecule has 0 radical (unpaired) electrons. The van der Waals surface area contributed by atoms with Crippen LogP contribution in [0.5, 0.6) is 0 Å². The maximum Gasteiger partial charge on any atom is 0.310 e. The molecule has 0 fully saturated rings. The van der Waals surface area contributed by atoms with Crippen LogP contribution >= 0.6 is 0 Å². The van der Waals surface area contributed by atoms with Gasteiger partial charge >= 0.3 is 5.97 Å². The maximum absolute atomic E-state index is 11.2. The average Bonchev–Trinajstić information content (AvgIpc) is 1.98. The second-order valence-electron chi connectivity index (χ2n) is 3.89. The third-order valence-corrected chi connectivity index (χ3v) is 3.91. The van der Waals surface area contributed by atoms with Crippen LogP contribution in [0.25, 0.3) is 0 Å². The lowest BCUT2D eigenvalue weighted by molar-refractivity contribution is -0.142. The van der Waals surface area contributed by atoms with Gasteiger partial charge in [0.15, 0.2) is 0 Å². The van der Waals surface area contributed by atoms with Crippen molar-refractivity contribution in [2.75, 3.05) is 6.61 Å². The van der Waals surface area contributed by atoms with Crippen molar-refractivity contribution < 1.29 is 9.53 Å². The highest BCUT2D eigenvalue weighted by Gasteiger charge is 2.21. The van der Waals surface area contributed by atoms with E-state index >= 15 is 0 Å². The Labute approximate surface area is 81.3 Å². The van der Waals surface area contributed by atoms with Gasteiger partial charge in [0.05, 0.1) is 21.1 Å². The van der Waals surface area contributed by atoms with Crippen molar-refractivity contribution in [2.45, 2.75) is 33.0 Å². The third kappa shape index (κ3) is 4.71. The zero-order valence-electron chi connectivity index (χ0n) is 8.94.